The molecule has 7 nitrogen and oxygen atoms in total. The first-order valence-corrected chi connectivity index (χ1v) is 10.3. The number of carbonyl (C=O) groups excluding carboxylic acids is 1. The highest BCUT2D eigenvalue weighted by atomic mass is 16.5. The van der Waals surface area contributed by atoms with Gasteiger partial charge in [0.15, 0.2) is 0 Å². The van der Waals surface area contributed by atoms with E-state index in [2.05, 4.69) is 25.8 Å². The highest BCUT2D eigenvalue weighted by molar-refractivity contribution is 5.94. The highest BCUT2D eigenvalue weighted by Crippen LogP contribution is 2.24. The third-order valence-corrected chi connectivity index (χ3v) is 5.80. The van der Waals surface area contributed by atoms with E-state index in [-0.39, 0.29) is 5.91 Å². The average Bonchev–Trinajstić information content (AvgIpc) is 3.40. The minimum absolute atomic E-state index is 0.0809. The van der Waals surface area contributed by atoms with Crippen LogP contribution in [-0.4, -0.2) is 43.6 Å². The van der Waals surface area contributed by atoms with Crippen molar-refractivity contribution in [3.63, 3.8) is 0 Å². The number of aryl methyl sites for hydroxylation is 1. The molecule has 0 unspecified atom stereocenters. The Morgan fingerprint density at radius 3 is 2.60 bits per heavy atom. The number of hydrogen-bond acceptors (Lipinski definition) is 5. The first-order chi connectivity index (χ1) is 14.7. The topological polar surface area (TPSA) is 77.1 Å². The SMILES string of the molecule is Cc1nc(-c2ccc(C(=O)N3CCC(Cn4cnc5ccccc54)CC3)cc2)no1. The fraction of sp³-hybridized carbons (Fsp3) is 0.304. The average molecular weight is 401 g/mol. The first-order valence-electron chi connectivity index (χ1n) is 10.3. The Bertz CT molecular complexity index is 1170. The van der Waals surface area contributed by atoms with E-state index in [4.69, 9.17) is 4.52 Å². The lowest BCUT2D eigenvalue weighted by Crippen LogP contribution is -2.39. The van der Waals surface area contributed by atoms with Crippen LogP contribution in [-0.2, 0) is 6.54 Å². The summed E-state index contributed by atoms with van der Waals surface area (Å²) in [7, 11) is 0. The minimum Gasteiger partial charge on any atom is -0.339 e. The second-order valence-electron chi connectivity index (χ2n) is 7.84. The number of rotatable bonds is 4. The summed E-state index contributed by atoms with van der Waals surface area (Å²) in [6.45, 7) is 4.26. The van der Waals surface area contributed by atoms with Crippen LogP contribution in [0.4, 0.5) is 0 Å². The molecule has 1 fully saturated rings. The van der Waals surface area contributed by atoms with E-state index in [0.717, 1.165) is 43.6 Å². The number of aromatic nitrogens is 4. The number of hydrogen-bond donors (Lipinski definition) is 0. The summed E-state index contributed by atoms with van der Waals surface area (Å²) in [5, 5.41) is 3.92. The van der Waals surface area contributed by atoms with Crippen LogP contribution in [0.3, 0.4) is 0 Å². The molecule has 4 aromatic rings. The molecule has 0 aliphatic carbocycles. The van der Waals surface area contributed by atoms with Gasteiger partial charge in [-0.1, -0.05) is 29.4 Å². The van der Waals surface area contributed by atoms with Crippen molar-refractivity contribution in [3.8, 4) is 11.4 Å². The summed E-state index contributed by atoms with van der Waals surface area (Å²) >= 11 is 0. The monoisotopic (exact) mass is 401 g/mol. The molecular formula is C23H23N5O2. The molecule has 0 radical (unpaired) electrons. The van der Waals surface area contributed by atoms with Crippen molar-refractivity contribution < 1.29 is 9.32 Å². The second-order valence-corrected chi connectivity index (χ2v) is 7.84. The van der Waals surface area contributed by atoms with Crippen LogP contribution in [0.2, 0.25) is 0 Å². The fourth-order valence-corrected chi connectivity index (χ4v) is 4.11. The predicted octanol–water partition coefficient (Wildman–Crippen LogP) is 3.95. The molecule has 1 amide bonds. The predicted molar refractivity (Wildman–Crippen MR) is 113 cm³/mol. The number of likely N-dealkylation sites (tertiary alicyclic amines) is 1. The van der Waals surface area contributed by atoms with Gasteiger partial charge < -0.3 is 14.0 Å². The lowest BCUT2D eigenvalue weighted by atomic mass is 9.96. The van der Waals surface area contributed by atoms with Crippen molar-refractivity contribution in [3.05, 3.63) is 66.3 Å². The molecule has 3 heterocycles. The maximum Gasteiger partial charge on any atom is 0.253 e. The molecule has 0 atom stereocenters. The molecule has 0 N–H and O–H groups in total. The molecule has 2 aromatic heterocycles. The molecule has 2 aromatic carbocycles. The van der Waals surface area contributed by atoms with Crippen LogP contribution >= 0.6 is 0 Å². The Kier molecular flexibility index (Phi) is 4.78. The van der Waals surface area contributed by atoms with Crippen LogP contribution in [0.25, 0.3) is 22.4 Å². The van der Waals surface area contributed by atoms with Crippen molar-refractivity contribution in [2.24, 2.45) is 5.92 Å². The molecule has 5 rings (SSSR count). The summed E-state index contributed by atoms with van der Waals surface area (Å²) in [6.07, 6.45) is 3.92. The van der Waals surface area contributed by atoms with E-state index in [1.807, 2.05) is 53.7 Å². The van der Waals surface area contributed by atoms with Gasteiger partial charge in [0.1, 0.15) is 0 Å². The number of piperidine rings is 1. The first kappa shape index (κ1) is 18.5. The Balaban J connectivity index is 1.20. The number of carbonyl (C=O) groups is 1. The van der Waals surface area contributed by atoms with Gasteiger partial charge in [0, 0.05) is 37.7 Å². The number of fused-ring (bicyclic) bond motifs is 1. The lowest BCUT2D eigenvalue weighted by molar-refractivity contribution is 0.0683. The van der Waals surface area contributed by atoms with Gasteiger partial charge in [-0.15, -0.1) is 0 Å². The van der Waals surface area contributed by atoms with E-state index in [1.165, 1.54) is 5.52 Å². The Morgan fingerprint density at radius 1 is 1.10 bits per heavy atom. The van der Waals surface area contributed by atoms with Gasteiger partial charge in [-0.25, -0.2) is 4.98 Å². The molecule has 1 aliphatic heterocycles. The smallest absolute Gasteiger partial charge is 0.253 e. The zero-order chi connectivity index (χ0) is 20.5. The maximum absolute atomic E-state index is 12.9. The number of nitrogens with zero attached hydrogens (tertiary/aromatic N) is 5. The normalized spacial score (nSPS) is 15.0. The summed E-state index contributed by atoms with van der Waals surface area (Å²) in [6, 6.07) is 15.6. The van der Waals surface area contributed by atoms with Gasteiger partial charge in [0.25, 0.3) is 5.91 Å². The molecule has 7 heteroatoms. The number of imidazole rings is 1. The molecule has 0 spiro atoms. The largest absolute Gasteiger partial charge is 0.339 e. The molecule has 0 bridgehead atoms. The number of para-hydroxylation sites is 2. The summed E-state index contributed by atoms with van der Waals surface area (Å²) in [4.78, 5) is 23.6. The van der Waals surface area contributed by atoms with Gasteiger partial charge in [0.2, 0.25) is 11.7 Å². The quantitative estimate of drug-likeness (QED) is 0.517. The number of amides is 1. The Labute approximate surface area is 174 Å². The second kappa shape index (κ2) is 7.74. The maximum atomic E-state index is 12.9. The van der Waals surface area contributed by atoms with E-state index < -0.39 is 0 Å². The molecule has 30 heavy (non-hydrogen) atoms. The van der Waals surface area contributed by atoms with Gasteiger partial charge in [0.05, 0.1) is 17.4 Å². The van der Waals surface area contributed by atoms with Crippen LogP contribution in [0.5, 0.6) is 0 Å². The fourth-order valence-electron chi connectivity index (χ4n) is 4.11. The third kappa shape index (κ3) is 3.58. The number of benzene rings is 2. The lowest BCUT2D eigenvalue weighted by Gasteiger charge is -2.32. The highest BCUT2D eigenvalue weighted by Gasteiger charge is 2.24. The van der Waals surface area contributed by atoms with Crippen molar-refractivity contribution >= 4 is 16.9 Å². The molecule has 1 saturated heterocycles. The van der Waals surface area contributed by atoms with E-state index >= 15 is 0 Å². The van der Waals surface area contributed by atoms with Crippen LogP contribution in [0, 0.1) is 12.8 Å². The third-order valence-electron chi connectivity index (χ3n) is 5.80. The van der Waals surface area contributed by atoms with Gasteiger partial charge in [-0.3, -0.25) is 4.79 Å². The summed E-state index contributed by atoms with van der Waals surface area (Å²) in [5.74, 6) is 1.70. The molecular weight excluding hydrogens is 378 g/mol. The summed E-state index contributed by atoms with van der Waals surface area (Å²) in [5.41, 5.74) is 3.74. The standard InChI is InChI=1S/C23H23N5O2/c1-16-25-22(26-30-16)18-6-8-19(9-7-18)23(29)27-12-10-17(11-13-27)14-28-15-24-20-4-2-3-5-21(20)28/h2-9,15,17H,10-14H2,1H3. The van der Waals surface area contributed by atoms with Crippen LogP contribution < -0.4 is 0 Å². The van der Waals surface area contributed by atoms with E-state index in [1.54, 1.807) is 6.92 Å². The summed E-state index contributed by atoms with van der Waals surface area (Å²) < 4.78 is 7.25. The molecule has 152 valence electrons. The molecule has 1 aliphatic rings. The van der Waals surface area contributed by atoms with Crippen molar-refractivity contribution in [2.45, 2.75) is 26.3 Å². The van der Waals surface area contributed by atoms with Crippen LogP contribution in [0.15, 0.2) is 59.4 Å². The van der Waals surface area contributed by atoms with Crippen molar-refractivity contribution in [2.75, 3.05) is 13.1 Å². The van der Waals surface area contributed by atoms with Gasteiger partial charge >= 0.3 is 0 Å². The Hall–Kier alpha value is -3.48. The minimum atomic E-state index is 0.0809. The van der Waals surface area contributed by atoms with Gasteiger partial charge in [-0.2, -0.15) is 4.98 Å². The zero-order valence-corrected chi connectivity index (χ0v) is 16.9. The Morgan fingerprint density at radius 2 is 1.87 bits per heavy atom. The van der Waals surface area contributed by atoms with E-state index in [9.17, 15) is 4.79 Å². The van der Waals surface area contributed by atoms with E-state index in [0.29, 0.717) is 23.2 Å². The van der Waals surface area contributed by atoms with Crippen molar-refractivity contribution in [1.29, 1.82) is 0 Å². The van der Waals surface area contributed by atoms with Crippen molar-refractivity contribution in [1.82, 2.24) is 24.6 Å². The van der Waals surface area contributed by atoms with Crippen LogP contribution in [0.1, 0.15) is 29.1 Å². The molecule has 0 saturated carbocycles. The zero-order valence-electron chi connectivity index (χ0n) is 16.9. The van der Waals surface area contributed by atoms with Gasteiger partial charge in [-0.05, 0) is 43.0 Å².